The zero-order chi connectivity index (χ0) is 24.1. The first-order valence-corrected chi connectivity index (χ1v) is 12.7. The van der Waals surface area contributed by atoms with Crippen molar-refractivity contribution in [3.8, 4) is 5.69 Å². The Morgan fingerprint density at radius 1 is 1.06 bits per heavy atom. The maximum absolute atomic E-state index is 13.1. The molecule has 9 heteroatoms. The van der Waals surface area contributed by atoms with E-state index in [1.807, 2.05) is 55.5 Å². The van der Waals surface area contributed by atoms with Crippen LogP contribution in [-0.2, 0) is 14.8 Å². The zero-order valence-electron chi connectivity index (χ0n) is 19.4. The number of carbonyl (C=O) groups excluding carboxylic acids is 1. The van der Waals surface area contributed by atoms with Crippen molar-refractivity contribution >= 4 is 33.4 Å². The summed E-state index contributed by atoms with van der Waals surface area (Å²) < 4.78 is 29.5. The van der Waals surface area contributed by atoms with E-state index in [-0.39, 0.29) is 10.8 Å². The second kappa shape index (κ2) is 10.2. The predicted molar refractivity (Wildman–Crippen MR) is 135 cm³/mol. The van der Waals surface area contributed by atoms with Crippen molar-refractivity contribution < 1.29 is 13.2 Å². The van der Waals surface area contributed by atoms with E-state index in [9.17, 15) is 13.2 Å². The third-order valence-corrected chi connectivity index (χ3v) is 7.61. The number of hydrogen-bond donors (Lipinski definition) is 1. The summed E-state index contributed by atoms with van der Waals surface area (Å²) in [6.45, 7) is 1.05. The molecule has 1 aliphatic rings. The van der Waals surface area contributed by atoms with Gasteiger partial charge in [-0.05, 0) is 49.2 Å². The molecule has 2 heterocycles. The van der Waals surface area contributed by atoms with E-state index in [0.29, 0.717) is 18.8 Å². The maximum atomic E-state index is 13.1. The van der Waals surface area contributed by atoms with Gasteiger partial charge in [-0.25, -0.2) is 13.1 Å². The number of nitrogens with one attached hydrogen (secondary N) is 1. The molecular formula is C25H29N5O3S. The van der Waals surface area contributed by atoms with Crippen molar-refractivity contribution in [1.82, 2.24) is 14.1 Å². The van der Waals surface area contributed by atoms with Gasteiger partial charge >= 0.3 is 0 Å². The average molecular weight is 480 g/mol. The van der Waals surface area contributed by atoms with Crippen molar-refractivity contribution in [3.05, 3.63) is 72.6 Å². The summed E-state index contributed by atoms with van der Waals surface area (Å²) in [5, 5.41) is 7.16. The van der Waals surface area contributed by atoms with Crippen LogP contribution in [0.3, 0.4) is 0 Å². The standard InChI is InChI=1S/C25H29N5O3S/c1-28(2)24-13-12-22(34(32,33)29-15-7-4-8-16-29)17-23(24)27-25(31)14-11-20-18-26-30(19-20)21-9-5-3-6-10-21/h3,5-6,9-14,17-19H,4,7-8,15-16H2,1-2H3,(H,27,31)/b14-11+. The molecule has 0 saturated carbocycles. The number of carbonyl (C=O) groups is 1. The minimum absolute atomic E-state index is 0.184. The van der Waals surface area contributed by atoms with Crippen LogP contribution < -0.4 is 10.2 Å². The van der Waals surface area contributed by atoms with Gasteiger partial charge in [-0.3, -0.25) is 4.79 Å². The van der Waals surface area contributed by atoms with Gasteiger partial charge in [-0.1, -0.05) is 24.6 Å². The van der Waals surface area contributed by atoms with E-state index in [2.05, 4.69) is 10.4 Å². The van der Waals surface area contributed by atoms with Gasteiger partial charge in [0.15, 0.2) is 0 Å². The molecule has 4 rings (SSSR count). The number of amides is 1. The Labute approximate surface area is 200 Å². The monoisotopic (exact) mass is 479 g/mol. The normalized spacial score (nSPS) is 14.9. The van der Waals surface area contributed by atoms with Crippen molar-refractivity contribution in [2.45, 2.75) is 24.2 Å². The van der Waals surface area contributed by atoms with E-state index in [0.717, 1.165) is 36.2 Å². The molecule has 1 N–H and O–H groups in total. The van der Waals surface area contributed by atoms with Crippen LogP contribution in [-0.4, -0.2) is 55.6 Å². The number of anilines is 2. The summed E-state index contributed by atoms with van der Waals surface area (Å²) >= 11 is 0. The molecule has 0 radical (unpaired) electrons. The summed E-state index contributed by atoms with van der Waals surface area (Å²) in [5.41, 5.74) is 2.86. The lowest BCUT2D eigenvalue weighted by Gasteiger charge is -2.26. The second-order valence-corrected chi connectivity index (χ2v) is 10.4. The minimum atomic E-state index is -3.61. The van der Waals surface area contributed by atoms with Gasteiger partial charge in [0.1, 0.15) is 0 Å². The third-order valence-electron chi connectivity index (χ3n) is 5.71. The van der Waals surface area contributed by atoms with Crippen LogP contribution in [0.15, 0.2) is 71.9 Å². The highest BCUT2D eigenvalue weighted by atomic mass is 32.2. The molecular weight excluding hydrogens is 450 g/mol. The van der Waals surface area contributed by atoms with Gasteiger partial charge in [0, 0.05) is 45.0 Å². The smallest absolute Gasteiger partial charge is 0.248 e. The van der Waals surface area contributed by atoms with Crippen molar-refractivity contribution in [2.75, 3.05) is 37.4 Å². The molecule has 1 amide bonds. The zero-order valence-corrected chi connectivity index (χ0v) is 20.2. The maximum Gasteiger partial charge on any atom is 0.248 e. The Kier molecular flexibility index (Phi) is 7.14. The number of aromatic nitrogens is 2. The van der Waals surface area contributed by atoms with Crippen molar-refractivity contribution in [2.24, 2.45) is 0 Å². The largest absolute Gasteiger partial charge is 0.376 e. The summed E-state index contributed by atoms with van der Waals surface area (Å²) in [6.07, 6.45) is 9.37. The average Bonchev–Trinajstić information content (AvgIpc) is 3.33. The molecule has 8 nitrogen and oxygen atoms in total. The molecule has 3 aromatic rings. The van der Waals surface area contributed by atoms with Gasteiger partial charge in [0.25, 0.3) is 0 Å². The van der Waals surface area contributed by atoms with E-state index in [4.69, 9.17) is 0 Å². The van der Waals surface area contributed by atoms with Crippen LogP contribution in [0.1, 0.15) is 24.8 Å². The highest BCUT2D eigenvalue weighted by molar-refractivity contribution is 7.89. The molecule has 0 atom stereocenters. The molecule has 1 aromatic heterocycles. The fraction of sp³-hybridized carbons (Fsp3) is 0.280. The summed E-state index contributed by atoms with van der Waals surface area (Å²) in [7, 11) is 0.0825. The molecule has 34 heavy (non-hydrogen) atoms. The van der Waals surface area contributed by atoms with Crippen LogP contribution >= 0.6 is 0 Å². The molecule has 178 valence electrons. The lowest BCUT2D eigenvalue weighted by molar-refractivity contribution is -0.111. The number of nitrogens with zero attached hydrogens (tertiary/aromatic N) is 4. The summed E-state index contributed by atoms with van der Waals surface area (Å²) in [6, 6.07) is 14.6. The Morgan fingerprint density at radius 3 is 2.50 bits per heavy atom. The fourth-order valence-corrected chi connectivity index (χ4v) is 5.45. The molecule has 0 unspecified atom stereocenters. The predicted octanol–water partition coefficient (Wildman–Crippen LogP) is 3.76. The van der Waals surface area contributed by atoms with Gasteiger partial charge in [-0.2, -0.15) is 9.40 Å². The van der Waals surface area contributed by atoms with E-state index in [1.54, 1.807) is 35.2 Å². The Bertz CT molecular complexity index is 1280. The van der Waals surface area contributed by atoms with Crippen molar-refractivity contribution in [3.63, 3.8) is 0 Å². The van der Waals surface area contributed by atoms with Crippen LogP contribution in [0.5, 0.6) is 0 Å². The van der Waals surface area contributed by atoms with E-state index < -0.39 is 10.0 Å². The number of sulfonamides is 1. The SMILES string of the molecule is CN(C)c1ccc(S(=O)(=O)N2CCCCC2)cc1NC(=O)/C=C/c1cnn(-c2ccccc2)c1. The second-order valence-electron chi connectivity index (χ2n) is 8.41. The number of rotatable bonds is 7. The topological polar surface area (TPSA) is 87.5 Å². The Balaban J connectivity index is 1.52. The molecule has 0 aliphatic carbocycles. The highest BCUT2D eigenvalue weighted by Gasteiger charge is 2.27. The first-order valence-electron chi connectivity index (χ1n) is 11.3. The van der Waals surface area contributed by atoms with Gasteiger partial charge in [0.05, 0.1) is 28.2 Å². The van der Waals surface area contributed by atoms with Crippen LogP contribution in [0, 0.1) is 0 Å². The molecule has 1 fully saturated rings. The van der Waals surface area contributed by atoms with Crippen LogP contribution in [0.25, 0.3) is 11.8 Å². The molecule has 0 spiro atoms. The molecule has 2 aromatic carbocycles. The van der Waals surface area contributed by atoms with E-state index in [1.165, 1.54) is 10.4 Å². The Morgan fingerprint density at radius 2 is 1.79 bits per heavy atom. The highest BCUT2D eigenvalue weighted by Crippen LogP contribution is 2.30. The molecule has 0 bridgehead atoms. The first kappa shape index (κ1) is 23.7. The number of para-hydroxylation sites is 1. The lowest BCUT2D eigenvalue weighted by atomic mass is 10.2. The summed E-state index contributed by atoms with van der Waals surface area (Å²) in [5.74, 6) is -0.358. The fourth-order valence-electron chi connectivity index (χ4n) is 3.91. The minimum Gasteiger partial charge on any atom is -0.376 e. The lowest BCUT2D eigenvalue weighted by Crippen LogP contribution is -2.35. The van der Waals surface area contributed by atoms with E-state index >= 15 is 0 Å². The third kappa shape index (κ3) is 5.37. The molecule has 1 saturated heterocycles. The van der Waals surface area contributed by atoms with Gasteiger partial charge in [0.2, 0.25) is 15.9 Å². The van der Waals surface area contributed by atoms with Crippen molar-refractivity contribution in [1.29, 1.82) is 0 Å². The number of hydrogen-bond acceptors (Lipinski definition) is 5. The van der Waals surface area contributed by atoms with Crippen LogP contribution in [0.4, 0.5) is 11.4 Å². The summed E-state index contributed by atoms with van der Waals surface area (Å²) in [4.78, 5) is 14.7. The number of benzene rings is 2. The molecule has 1 aliphatic heterocycles. The number of piperidine rings is 1. The quantitative estimate of drug-likeness (QED) is 0.522. The Hall–Kier alpha value is -3.43. The van der Waals surface area contributed by atoms with Gasteiger partial charge < -0.3 is 10.2 Å². The first-order chi connectivity index (χ1) is 16.3. The van der Waals surface area contributed by atoms with Crippen LogP contribution in [0.2, 0.25) is 0 Å². The van der Waals surface area contributed by atoms with Gasteiger partial charge in [-0.15, -0.1) is 0 Å².